The van der Waals surface area contributed by atoms with E-state index in [0.29, 0.717) is 0 Å². The summed E-state index contributed by atoms with van der Waals surface area (Å²) in [6.45, 7) is 4.27. The Labute approximate surface area is 120 Å². The number of unbranched alkanes of at least 4 members (excludes halogenated alkanes) is 5. The second-order valence-electron chi connectivity index (χ2n) is 6.24. The molecule has 1 N–H and O–H groups in total. The van der Waals surface area contributed by atoms with Crippen molar-refractivity contribution in [2.45, 2.75) is 89.6 Å². The Morgan fingerprint density at radius 2 is 1.53 bits per heavy atom. The van der Waals surface area contributed by atoms with E-state index < -0.39 is 0 Å². The normalized spacial score (nSPS) is 19.3. The van der Waals surface area contributed by atoms with Gasteiger partial charge in [0.25, 0.3) is 0 Å². The van der Waals surface area contributed by atoms with Gasteiger partial charge in [0.05, 0.1) is 5.60 Å². The Hall–Kier alpha value is -0.0800. The molecule has 1 fully saturated rings. The zero-order valence-corrected chi connectivity index (χ0v) is 13.3. The molecule has 0 bridgehead atoms. The molecule has 0 aromatic carbocycles. The topological polar surface area (TPSA) is 21.3 Å². The van der Waals surface area contributed by atoms with Crippen molar-refractivity contribution in [3.8, 4) is 0 Å². The van der Waals surface area contributed by atoms with E-state index in [0.717, 1.165) is 13.2 Å². The fourth-order valence-corrected chi connectivity index (χ4v) is 3.24. The molecular formula is C17H35NO. The third-order valence-electron chi connectivity index (χ3n) is 4.42. The number of rotatable bonds is 10. The van der Waals surface area contributed by atoms with E-state index in [2.05, 4.69) is 19.3 Å². The number of likely N-dealkylation sites (N-methyl/N-ethyl adjacent to an activating group) is 1. The van der Waals surface area contributed by atoms with Gasteiger partial charge < -0.3 is 10.1 Å². The Morgan fingerprint density at radius 1 is 0.895 bits per heavy atom. The minimum absolute atomic E-state index is 0.147. The molecule has 0 amide bonds. The van der Waals surface area contributed by atoms with E-state index in [1.54, 1.807) is 0 Å². The molecule has 0 atom stereocenters. The molecule has 19 heavy (non-hydrogen) atoms. The molecule has 1 rings (SSSR count). The highest BCUT2D eigenvalue weighted by Gasteiger charge is 2.30. The summed E-state index contributed by atoms with van der Waals surface area (Å²) in [5.41, 5.74) is 0.147. The maximum absolute atomic E-state index is 6.34. The summed E-state index contributed by atoms with van der Waals surface area (Å²) < 4.78 is 6.34. The Balaban J connectivity index is 2.17. The maximum atomic E-state index is 6.34. The van der Waals surface area contributed by atoms with Crippen LogP contribution >= 0.6 is 0 Å². The van der Waals surface area contributed by atoms with Gasteiger partial charge in [-0.15, -0.1) is 0 Å². The quantitative estimate of drug-likeness (QED) is 0.459. The molecular weight excluding hydrogens is 234 g/mol. The van der Waals surface area contributed by atoms with Crippen molar-refractivity contribution >= 4 is 0 Å². The Morgan fingerprint density at radius 3 is 2.16 bits per heavy atom. The lowest BCUT2D eigenvalue weighted by atomic mass is 9.94. The van der Waals surface area contributed by atoms with Crippen molar-refractivity contribution in [1.82, 2.24) is 5.32 Å². The van der Waals surface area contributed by atoms with Crippen LogP contribution in [0.25, 0.3) is 0 Å². The molecule has 0 aliphatic heterocycles. The first kappa shape index (κ1) is 17.0. The van der Waals surface area contributed by atoms with Crippen molar-refractivity contribution in [3.63, 3.8) is 0 Å². The Kier molecular flexibility index (Phi) is 9.54. The SMILES string of the molecule is CCCCCCCCOC1(CNC)CCCCCC1. The first-order valence-electron chi connectivity index (χ1n) is 8.61. The van der Waals surface area contributed by atoms with Crippen molar-refractivity contribution in [2.24, 2.45) is 0 Å². The molecule has 2 nitrogen and oxygen atoms in total. The smallest absolute Gasteiger partial charge is 0.0806 e. The number of hydrogen-bond donors (Lipinski definition) is 1. The van der Waals surface area contributed by atoms with Crippen LogP contribution in [0.5, 0.6) is 0 Å². The molecule has 0 saturated heterocycles. The van der Waals surface area contributed by atoms with Crippen LogP contribution in [0.4, 0.5) is 0 Å². The maximum Gasteiger partial charge on any atom is 0.0806 e. The van der Waals surface area contributed by atoms with E-state index >= 15 is 0 Å². The van der Waals surface area contributed by atoms with Crippen molar-refractivity contribution in [3.05, 3.63) is 0 Å². The van der Waals surface area contributed by atoms with E-state index in [-0.39, 0.29) is 5.60 Å². The zero-order valence-electron chi connectivity index (χ0n) is 13.3. The predicted octanol–water partition coefficient (Wildman–Crippen LogP) is 4.68. The Bertz CT molecular complexity index is 197. The second kappa shape index (κ2) is 10.7. The van der Waals surface area contributed by atoms with Gasteiger partial charge in [0.1, 0.15) is 0 Å². The first-order chi connectivity index (χ1) is 9.33. The summed E-state index contributed by atoms with van der Waals surface area (Å²) in [5.74, 6) is 0. The van der Waals surface area contributed by atoms with Crippen LogP contribution in [0.3, 0.4) is 0 Å². The van der Waals surface area contributed by atoms with Crippen LogP contribution in [0.2, 0.25) is 0 Å². The van der Waals surface area contributed by atoms with E-state index in [1.807, 2.05) is 0 Å². The van der Waals surface area contributed by atoms with Crippen LogP contribution < -0.4 is 5.32 Å². The third kappa shape index (κ3) is 7.31. The van der Waals surface area contributed by atoms with Crippen molar-refractivity contribution in [1.29, 1.82) is 0 Å². The highest BCUT2D eigenvalue weighted by molar-refractivity contribution is 4.85. The molecule has 0 aromatic rings. The molecule has 0 spiro atoms. The summed E-state index contributed by atoms with van der Waals surface area (Å²) in [7, 11) is 2.06. The molecule has 114 valence electrons. The van der Waals surface area contributed by atoms with Gasteiger partial charge in [0.15, 0.2) is 0 Å². The molecule has 1 aliphatic carbocycles. The number of ether oxygens (including phenoxy) is 1. The van der Waals surface area contributed by atoms with Gasteiger partial charge in [-0.25, -0.2) is 0 Å². The van der Waals surface area contributed by atoms with Crippen LogP contribution in [-0.4, -0.2) is 25.8 Å². The summed E-state index contributed by atoms with van der Waals surface area (Å²) in [4.78, 5) is 0. The third-order valence-corrected chi connectivity index (χ3v) is 4.42. The van der Waals surface area contributed by atoms with Crippen LogP contribution in [0.1, 0.15) is 84.0 Å². The van der Waals surface area contributed by atoms with Gasteiger partial charge >= 0.3 is 0 Å². The van der Waals surface area contributed by atoms with Crippen LogP contribution in [0.15, 0.2) is 0 Å². The highest BCUT2D eigenvalue weighted by atomic mass is 16.5. The van der Waals surface area contributed by atoms with Gasteiger partial charge in [0, 0.05) is 13.2 Å². The molecule has 0 heterocycles. The fourth-order valence-electron chi connectivity index (χ4n) is 3.24. The molecule has 0 radical (unpaired) electrons. The molecule has 2 heteroatoms. The minimum atomic E-state index is 0.147. The lowest BCUT2D eigenvalue weighted by Gasteiger charge is -2.33. The zero-order chi connectivity index (χ0) is 13.8. The van der Waals surface area contributed by atoms with E-state index in [4.69, 9.17) is 4.74 Å². The number of nitrogens with one attached hydrogen (secondary N) is 1. The average molecular weight is 269 g/mol. The summed E-state index contributed by atoms with van der Waals surface area (Å²) in [6, 6.07) is 0. The molecule has 1 aliphatic rings. The molecule has 0 aromatic heterocycles. The lowest BCUT2D eigenvalue weighted by molar-refractivity contribution is -0.0552. The highest BCUT2D eigenvalue weighted by Crippen LogP contribution is 2.30. The largest absolute Gasteiger partial charge is 0.374 e. The predicted molar refractivity (Wildman–Crippen MR) is 83.7 cm³/mol. The summed E-state index contributed by atoms with van der Waals surface area (Å²) in [6.07, 6.45) is 16.1. The van der Waals surface area contributed by atoms with Gasteiger partial charge in [-0.05, 0) is 26.3 Å². The van der Waals surface area contributed by atoms with Gasteiger partial charge in [-0.2, -0.15) is 0 Å². The minimum Gasteiger partial charge on any atom is -0.374 e. The first-order valence-corrected chi connectivity index (χ1v) is 8.61. The number of hydrogen-bond acceptors (Lipinski definition) is 2. The molecule has 1 saturated carbocycles. The van der Waals surface area contributed by atoms with Gasteiger partial charge in [-0.1, -0.05) is 64.7 Å². The molecule has 0 unspecified atom stereocenters. The summed E-state index contributed by atoms with van der Waals surface area (Å²) in [5, 5.41) is 3.35. The summed E-state index contributed by atoms with van der Waals surface area (Å²) >= 11 is 0. The van der Waals surface area contributed by atoms with Gasteiger partial charge in [0.2, 0.25) is 0 Å². The second-order valence-corrected chi connectivity index (χ2v) is 6.24. The van der Waals surface area contributed by atoms with Gasteiger partial charge in [-0.3, -0.25) is 0 Å². The average Bonchev–Trinajstić information content (AvgIpc) is 2.64. The standard InChI is InChI=1S/C17H35NO/c1-3-4-5-6-9-12-15-19-17(16-18-2)13-10-7-8-11-14-17/h18H,3-16H2,1-2H3. The van der Waals surface area contributed by atoms with Crippen molar-refractivity contribution < 1.29 is 4.74 Å². The van der Waals surface area contributed by atoms with Crippen molar-refractivity contribution in [2.75, 3.05) is 20.2 Å². The van der Waals surface area contributed by atoms with E-state index in [9.17, 15) is 0 Å². The lowest BCUT2D eigenvalue weighted by Crippen LogP contribution is -2.42. The monoisotopic (exact) mass is 269 g/mol. The fraction of sp³-hybridized carbons (Fsp3) is 1.00. The van der Waals surface area contributed by atoms with E-state index in [1.165, 1.54) is 77.0 Å². The van der Waals surface area contributed by atoms with Crippen LogP contribution in [-0.2, 0) is 4.74 Å². The van der Waals surface area contributed by atoms with Crippen LogP contribution in [0, 0.1) is 0 Å².